The summed E-state index contributed by atoms with van der Waals surface area (Å²) in [4.78, 5) is 22.1. The average molecular weight is 346 g/mol. The molecular weight excluding hydrogens is 339 g/mol. The molecule has 0 aliphatic rings. The maximum atomic E-state index is 12.1. The lowest BCUT2D eigenvalue weighted by Crippen LogP contribution is -2.12. The van der Waals surface area contributed by atoms with Crippen molar-refractivity contribution in [2.45, 2.75) is 0 Å². The second-order valence-corrected chi connectivity index (χ2v) is 5.25. The van der Waals surface area contributed by atoms with Crippen LogP contribution in [0.1, 0.15) is 10.4 Å². The molecule has 0 aliphatic heterocycles. The number of hydrogen-bond donors (Lipinski definition) is 1. The summed E-state index contributed by atoms with van der Waals surface area (Å²) in [6, 6.07) is 8.18. The van der Waals surface area contributed by atoms with Gasteiger partial charge in [-0.15, -0.1) is 0 Å². The standard InChI is InChI=1S/C13H7Cl3N2O3/c14-7-1-4-12(11(16)5-7)17-13(19)9-3-2-8(18(20)21)6-10(9)15/h1-6H,(H,17,19). The summed E-state index contributed by atoms with van der Waals surface area (Å²) >= 11 is 17.6. The lowest BCUT2D eigenvalue weighted by Gasteiger charge is -2.08. The Bertz CT molecular complexity index is 735. The molecule has 5 nitrogen and oxygen atoms in total. The Balaban J connectivity index is 2.26. The van der Waals surface area contributed by atoms with Gasteiger partial charge < -0.3 is 5.32 Å². The number of carbonyl (C=O) groups excluding carboxylic acids is 1. The van der Waals surface area contributed by atoms with Crippen LogP contribution in [0, 0.1) is 10.1 Å². The first kappa shape index (κ1) is 15.6. The zero-order valence-corrected chi connectivity index (χ0v) is 12.5. The molecule has 0 spiro atoms. The van der Waals surface area contributed by atoms with E-state index in [0.29, 0.717) is 10.7 Å². The predicted octanol–water partition coefficient (Wildman–Crippen LogP) is 4.81. The SMILES string of the molecule is O=C(Nc1ccc(Cl)cc1Cl)c1ccc([N+](=O)[O-])cc1Cl. The number of rotatable bonds is 3. The summed E-state index contributed by atoms with van der Waals surface area (Å²) in [5.74, 6) is -0.529. The van der Waals surface area contributed by atoms with E-state index in [-0.39, 0.29) is 21.3 Å². The van der Waals surface area contributed by atoms with Gasteiger partial charge in [0.05, 0.1) is 26.2 Å². The fourth-order valence-electron chi connectivity index (χ4n) is 1.58. The van der Waals surface area contributed by atoms with Crippen molar-refractivity contribution < 1.29 is 9.72 Å². The molecule has 2 aromatic carbocycles. The Kier molecular flexibility index (Phi) is 4.67. The Hall–Kier alpha value is -1.82. The van der Waals surface area contributed by atoms with Gasteiger partial charge in [-0.1, -0.05) is 34.8 Å². The van der Waals surface area contributed by atoms with Crippen molar-refractivity contribution in [2.75, 3.05) is 5.32 Å². The lowest BCUT2D eigenvalue weighted by atomic mass is 10.2. The monoisotopic (exact) mass is 344 g/mol. The van der Waals surface area contributed by atoms with Gasteiger partial charge in [-0.3, -0.25) is 14.9 Å². The number of nitro benzene ring substituents is 1. The third-order valence-electron chi connectivity index (χ3n) is 2.59. The van der Waals surface area contributed by atoms with Crippen LogP contribution < -0.4 is 5.32 Å². The Morgan fingerprint density at radius 3 is 2.33 bits per heavy atom. The molecule has 0 radical (unpaired) electrons. The fourth-order valence-corrected chi connectivity index (χ4v) is 2.30. The highest BCUT2D eigenvalue weighted by Gasteiger charge is 2.16. The smallest absolute Gasteiger partial charge is 0.270 e. The summed E-state index contributed by atoms with van der Waals surface area (Å²) < 4.78 is 0. The molecule has 0 atom stereocenters. The molecule has 0 saturated carbocycles. The maximum absolute atomic E-state index is 12.1. The summed E-state index contributed by atoms with van der Waals surface area (Å²) in [6.07, 6.45) is 0. The quantitative estimate of drug-likeness (QED) is 0.641. The number of nitrogens with one attached hydrogen (secondary N) is 1. The van der Waals surface area contributed by atoms with Crippen molar-refractivity contribution in [2.24, 2.45) is 0 Å². The van der Waals surface area contributed by atoms with Crippen LogP contribution in [0.5, 0.6) is 0 Å². The molecule has 0 saturated heterocycles. The van der Waals surface area contributed by atoms with Crippen LogP contribution in [0.25, 0.3) is 0 Å². The lowest BCUT2D eigenvalue weighted by molar-refractivity contribution is -0.384. The Labute approximate surface area is 134 Å². The minimum atomic E-state index is -0.594. The van der Waals surface area contributed by atoms with Crippen LogP contribution in [0.3, 0.4) is 0 Å². The zero-order valence-electron chi connectivity index (χ0n) is 10.3. The highest BCUT2D eigenvalue weighted by Crippen LogP contribution is 2.27. The van der Waals surface area contributed by atoms with Crippen LogP contribution in [-0.2, 0) is 0 Å². The van der Waals surface area contributed by atoms with Gasteiger partial charge in [-0.25, -0.2) is 0 Å². The third-order valence-corrected chi connectivity index (χ3v) is 3.45. The van der Waals surface area contributed by atoms with Gasteiger partial charge in [0.15, 0.2) is 0 Å². The van der Waals surface area contributed by atoms with E-state index in [2.05, 4.69) is 5.32 Å². The Morgan fingerprint density at radius 1 is 1.05 bits per heavy atom. The van der Waals surface area contributed by atoms with Gasteiger partial charge >= 0.3 is 0 Å². The summed E-state index contributed by atoms with van der Waals surface area (Å²) in [7, 11) is 0. The highest BCUT2D eigenvalue weighted by atomic mass is 35.5. The van der Waals surface area contributed by atoms with E-state index < -0.39 is 10.8 Å². The molecule has 2 rings (SSSR count). The van der Waals surface area contributed by atoms with Crippen LogP contribution >= 0.6 is 34.8 Å². The number of benzene rings is 2. The summed E-state index contributed by atoms with van der Waals surface area (Å²) in [6.45, 7) is 0. The molecule has 0 fully saturated rings. The molecular formula is C13H7Cl3N2O3. The van der Waals surface area contributed by atoms with E-state index in [0.717, 1.165) is 6.07 Å². The number of halogens is 3. The van der Waals surface area contributed by atoms with Crippen molar-refractivity contribution in [3.05, 3.63) is 67.1 Å². The van der Waals surface area contributed by atoms with Crippen molar-refractivity contribution in [1.29, 1.82) is 0 Å². The largest absolute Gasteiger partial charge is 0.321 e. The summed E-state index contributed by atoms with van der Waals surface area (Å²) in [5.41, 5.74) is 0.273. The van der Waals surface area contributed by atoms with Gasteiger partial charge in [0, 0.05) is 17.2 Å². The topological polar surface area (TPSA) is 72.2 Å². The number of hydrogen-bond acceptors (Lipinski definition) is 3. The third kappa shape index (κ3) is 3.64. The van der Waals surface area contributed by atoms with Crippen molar-refractivity contribution in [3.63, 3.8) is 0 Å². The predicted molar refractivity (Wildman–Crippen MR) is 82.5 cm³/mol. The number of nitro groups is 1. The molecule has 0 bridgehead atoms. The molecule has 108 valence electrons. The first-order chi connectivity index (χ1) is 9.88. The highest BCUT2D eigenvalue weighted by molar-refractivity contribution is 6.37. The first-order valence-corrected chi connectivity index (χ1v) is 6.72. The minimum Gasteiger partial charge on any atom is -0.321 e. The van der Waals surface area contributed by atoms with E-state index in [9.17, 15) is 14.9 Å². The van der Waals surface area contributed by atoms with Crippen LogP contribution in [0.4, 0.5) is 11.4 Å². The van der Waals surface area contributed by atoms with E-state index in [1.54, 1.807) is 12.1 Å². The Morgan fingerprint density at radius 2 is 1.76 bits per heavy atom. The van der Waals surface area contributed by atoms with Crippen molar-refractivity contribution >= 4 is 52.1 Å². The van der Waals surface area contributed by atoms with Gasteiger partial charge in [0.1, 0.15) is 0 Å². The maximum Gasteiger partial charge on any atom is 0.270 e. The molecule has 0 aliphatic carbocycles. The molecule has 0 aromatic heterocycles. The normalized spacial score (nSPS) is 10.2. The minimum absolute atomic E-state index is 0.0215. The number of non-ortho nitro benzene ring substituents is 1. The summed E-state index contributed by atoms with van der Waals surface area (Å²) in [5, 5.41) is 13.9. The van der Waals surface area contributed by atoms with E-state index in [1.807, 2.05) is 0 Å². The average Bonchev–Trinajstić information content (AvgIpc) is 2.41. The van der Waals surface area contributed by atoms with E-state index in [1.165, 1.54) is 18.2 Å². The van der Waals surface area contributed by atoms with Gasteiger partial charge in [-0.05, 0) is 24.3 Å². The molecule has 1 amide bonds. The molecule has 1 N–H and O–H groups in total. The van der Waals surface area contributed by atoms with E-state index >= 15 is 0 Å². The van der Waals surface area contributed by atoms with E-state index in [4.69, 9.17) is 34.8 Å². The van der Waals surface area contributed by atoms with Gasteiger partial charge in [0.25, 0.3) is 11.6 Å². The van der Waals surface area contributed by atoms with Crippen molar-refractivity contribution in [3.8, 4) is 0 Å². The van der Waals surface area contributed by atoms with Crippen LogP contribution in [0.2, 0.25) is 15.1 Å². The number of nitrogens with zero attached hydrogens (tertiary/aromatic N) is 1. The van der Waals surface area contributed by atoms with Crippen LogP contribution in [0.15, 0.2) is 36.4 Å². The second-order valence-electron chi connectivity index (χ2n) is 4.00. The van der Waals surface area contributed by atoms with Crippen LogP contribution in [-0.4, -0.2) is 10.8 Å². The molecule has 0 heterocycles. The zero-order chi connectivity index (χ0) is 15.6. The number of anilines is 1. The molecule has 8 heteroatoms. The fraction of sp³-hybridized carbons (Fsp3) is 0. The molecule has 21 heavy (non-hydrogen) atoms. The first-order valence-electron chi connectivity index (χ1n) is 5.59. The molecule has 2 aromatic rings. The van der Waals surface area contributed by atoms with Gasteiger partial charge in [-0.2, -0.15) is 0 Å². The molecule has 0 unspecified atom stereocenters. The van der Waals surface area contributed by atoms with Gasteiger partial charge in [0.2, 0.25) is 0 Å². The second kappa shape index (κ2) is 6.30. The van der Waals surface area contributed by atoms with Crippen molar-refractivity contribution in [1.82, 2.24) is 0 Å². The number of amides is 1. The number of carbonyl (C=O) groups is 1.